The number of aryl methyl sites for hydroxylation is 1. The van der Waals surface area contributed by atoms with Crippen LogP contribution in [0.1, 0.15) is 42.6 Å². The number of benzene rings is 1. The summed E-state index contributed by atoms with van der Waals surface area (Å²) in [5.41, 5.74) is 2.33. The lowest BCUT2D eigenvalue weighted by atomic mass is 9.97. The van der Waals surface area contributed by atoms with Gasteiger partial charge in [0.1, 0.15) is 6.33 Å². The van der Waals surface area contributed by atoms with Crippen LogP contribution >= 0.6 is 0 Å². The van der Waals surface area contributed by atoms with E-state index >= 15 is 0 Å². The lowest BCUT2D eigenvalue weighted by molar-refractivity contribution is 0.0676. The molecular weight excluding hydrogens is 380 g/mol. The van der Waals surface area contributed by atoms with Gasteiger partial charge in [-0.2, -0.15) is 0 Å². The Labute approximate surface area is 165 Å². The van der Waals surface area contributed by atoms with Crippen LogP contribution in [-0.4, -0.2) is 64.3 Å². The molecule has 0 bridgehead atoms. The van der Waals surface area contributed by atoms with E-state index in [1.807, 2.05) is 24.0 Å². The van der Waals surface area contributed by atoms with Crippen molar-refractivity contribution in [3.05, 3.63) is 35.7 Å². The zero-order valence-electron chi connectivity index (χ0n) is 16.4. The maximum atomic E-state index is 12.9. The fraction of sp³-hybridized carbons (Fsp3) is 0.556. The summed E-state index contributed by atoms with van der Waals surface area (Å²) in [6, 6.07) is 5.44. The molecule has 2 heterocycles. The molecule has 1 atom stereocenters. The minimum absolute atomic E-state index is 0.0391. The number of carbonyl (C=O) groups is 1. The van der Waals surface area contributed by atoms with Gasteiger partial charge in [-0.1, -0.05) is 0 Å². The first kappa shape index (κ1) is 20.4. The van der Waals surface area contributed by atoms with E-state index in [0.717, 1.165) is 24.1 Å². The minimum atomic E-state index is -3.29. The number of carbonyl (C=O) groups excluding carboxylic acids is 1. The molecule has 0 spiro atoms. The number of aromatic nitrogens is 4. The number of hydrogen-bond acceptors (Lipinski definition) is 6. The summed E-state index contributed by atoms with van der Waals surface area (Å²) in [6.07, 6.45) is 3.28. The summed E-state index contributed by atoms with van der Waals surface area (Å²) in [4.78, 5) is 14.8. The number of rotatable bonds is 6. The third-order valence-electron chi connectivity index (χ3n) is 5.04. The van der Waals surface area contributed by atoms with Crippen molar-refractivity contribution in [1.82, 2.24) is 29.8 Å². The van der Waals surface area contributed by atoms with Crippen LogP contribution in [0.15, 0.2) is 24.5 Å². The Morgan fingerprint density at radius 1 is 1.36 bits per heavy atom. The van der Waals surface area contributed by atoms with Crippen LogP contribution in [0.5, 0.6) is 0 Å². The highest BCUT2D eigenvalue weighted by Gasteiger charge is 2.26. The van der Waals surface area contributed by atoms with Gasteiger partial charge < -0.3 is 4.90 Å². The second-order valence-electron chi connectivity index (χ2n) is 7.46. The number of likely N-dealkylation sites (tertiary alicyclic amines) is 1. The fourth-order valence-corrected chi connectivity index (χ4v) is 4.12. The van der Waals surface area contributed by atoms with E-state index in [9.17, 15) is 13.2 Å². The predicted molar refractivity (Wildman–Crippen MR) is 105 cm³/mol. The number of nitrogens with one attached hydrogen (secondary N) is 1. The maximum absolute atomic E-state index is 12.9. The van der Waals surface area contributed by atoms with Crippen molar-refractivity contribution < 1.29 is 13.2 Å². The average molecular weight is 407 g/mol. The van der Waals surface area contributed by atoms with Crippen molar-refractivity contribution in [3.8, 4) is 5.69 Å². The maximum Gasteiger partial charge on any atom is 0.253 e. The van der Waals surface area contributed by atoms with E-state index in [4.69, 9.17) is 0 Å². The monoisotopic (exact) mass is 406 g/mol. The van der Waals surface area contributed by atoms with Crippen molar-refractivity contribution in [2.24, 2.45) is 5.92 Å². The van der Waals surface area contributed by atoms with E-state index in [2.05, 4.69) is 20.2 Å². The van der Waals surface area contributed by atoms with Crippen molar-refractivity contribution in [1.29, 1.82) is 0 Å². The molecule has 1 amide bonds. The van der Waals surface area contributed by atoms with Crippen molar-refractivity contribution in [2.45, 2.75) is 38.9 Å². The number of hydrogen-bond donors (Lipinski definition) is 1. The molecule has 0 unspecified atom stereocenters. The van der Waals surface area contributed by atoms with Crippen LogP contribution in [0.4, 0.5) is 0 Å². The molecule has 1 aliphatic rings. The standard InChI is InChI=1S/C18H26N6O3S/c1-13(2)28(26,27)20-10-15-5-4-8-23(11-15)18(25)16-6-7-17(14(3)9-16)24-12-19-21-22-24/h6-7,9,12-13,15,20H,4-5,8,10-11H2,1-3H3/t15-/m1/s1. The van der Waals surface area contributed by atoms with Gasteiger partial charge in [-0.3, -0.25) is 4.79 Å². The molecule has 1 aliphatic heterocycles. The van der Waals surface area contributed by atoms with Crippen LogP contribution < -0.4 is 4.72 Å². The number of piperidine rings is 1. The number of sulfonamides is 1. The van der Waals surface area contributed by atoms with Crippen LogP contribution in [0.3, 0.4) is 0 Å². The second-order valence-corrected chi connectivity index (χ2v) is 9.78. The Morgan fingerprint density at radius 2 is 2.14 bits per heavy atom. The van der Waals surface area contributed by atoms with E-state index < -0.39 is 15.3 Å². The normalized spacial score (nSPS) is 17.9. The van der Waals surface area contributed by atoms with E-state index in [0.29, 0.717) is 25.2 Å². The number of tetrazole rings is 1. The molecule has 1 fully saturated rings. The first-order valence-corrected chi connectivity index (χ1v) is 10.9. The summed E-state index contributed by atoms with van der Waals surface area (Å²) in [5.74, 6) is 0.0793. The van der Waals surface area contributed by atoms with Gasteiger partial charge in [0, 0.05) is 25.2 Å². The molecular formula is C18H26N6O3S. The SMILES string of the molecule is Cc1cc(C(=O)N2CCC[C@H](CNS(=O)(=O)C(C)C)C2)ccc1-n1cnnn1. The van der Waals surface area contributed by atoms with Gasteiger partial charge in [0.15, 0.2) is 0 Å². The molecule has 152 valence electrons. The summed E-state index contributed by atoms with van der Waals surface area (Å²) in [6.45, 7) is 6.81. The van der Waals surface area contributed by atoms with Crippen molar-refractivity contribution in [3.63, 3.8) is 0 Å². The van der Waals surface area contributed by atoms with Gasteiger partial charge in [0.25, 0.3) is 5.91 Å². The Bertz CT molecular complexity index is 927. The molecule has 1 aromatic heterocycles. The second kappa shape index (κ2) is 8.36. The Hall–Kier alpha value is -2.33. The highest BCUT2D eigenvalue weighted by atomic mass is 32.2. The molecule has 1 saturated heterocycles. The molecule has 0 aliphatic carbocycles. The van der Waals surface area contributed by atoms with Crippen LogP contribution in [0.25, 0.3) is 5.69 Å². The summed E-state index contributed by atoms with van der Waals surface area (Å²) >= 11 is 0. The summed E-state index contributed by atoms with van der Waals surface area (Å²) in [7, 11) is -3.29. The first-order valence-electron chi connectivity index (χ1n) is 9.39. The van der Waals surface area contributed by atoms with E-state index in [1.165, 1.54) is 6.33 Å². The molecule has 2 aromatic rings. The molecule has 0 radical (unpaired) electrons. The minimum Gasteiger partial charge on any atom is -0.338 e. The number of nitrogens with zero attached hydrogens (tertiary/aromatic N) is 5. The van der Waals surface area contributed by atoms with Crippen molar-refractivity contribution >= 4 is 15.9 Å². The zero-order chi connectivity index (χ0) is 20.3. The molecule has 1 N–H and O–H groups in total. The van der Waals surface area contributed by atoms with Gasteiger partial charge in [0.05, 0.1) is 10.9 Å². The third kappa shape index (κ3) is 4.56. The van der Waals surface area contributed by atoms with Gasteiger partial charge in [-0.25, -0.2) is 17.8 Å². The third-order valence-corrected chi connectivity index (χ3v) is 6.85. The lowest BCUT2D eigenvalue weighted by Crippen LogP contribution is -2.44. The zero-order valence-corrected chi connectivity index (χ0v) is 17.2. The van der Waals surface area contributed by atoms with Gasteiger partial charge in [0.2, 0.25) is 10.0 Å². The highest BCUT2D eigenvalue weighted by Crippen LogP contribution is 2.21. The van der Waals surface area contributed by atoms with Crippen LogP contribution in [-0.2, 0) is 10.0 Å². The summed E-state index contributed by atoms with van der Waals surface area (Å²) in [5, 5.41) is 10.7. The van der Waals surface area contributed by atoms with Gasteiger partial charge in [-0.05, 0) is 73.7 Å². The quantitative estimate of drug-likeness (QED) is 0.771. The highest BCUT2D eigenvalue weighted by molar-refractivity contribution is 7.90. The Kier molecular flexibility index (Phi) is 6.09. The molecule has 1 aromatic carbocycles. The van der Waals surface area contributed by atoms with Gasteiger partial charge in [-0.15, -0.1) is 5.10 Å². The first-order chi connectivity index (χ1) is 13.3. The van der Waals surface area contributed by atoms with Crippen molar-refractivity contribution in [2.75, 3.05) is 19.6 Å². The fourth-order valence-electron chi connectivity index (χ4n) is 3.32. The van der Waals surface area contributed by atoms with Gasteiger partial charge >= 0.3 is 0 Å². The molecule has 28 heavy (non-hydrogen) atoms. The van der Waals surface area contributed by atoms with Crippen LogP contribution in [0, 0.1) is 12.8 Å². The summed E-state index contributed by atoms with van der Waals surface area (Å²) < 4.78 is 28.2. The largest absolute Gasteiger partial charge is 0.338 e. The molecule has 3 rings (SSSR count). The van der Waals surface area contributed by atoms with E-state index in [-0.39, 0.29) is 11.8 Å². The Balaban J connectivity index is 1.66. The van der Waals surface area contributed by atoms with E-state index in [1.54, 1.807) is 24.6 Å². The molecule has 0 saturated carbocycles. The predicted octanol–water partition coefficient (Wildman–Crippen LogP) is 1.15. The van der Waals surface area contributed by atoms with Crippen LogP contribution in [0.2, 0.25) is 0 Å². The Morgan fingerprint density at radius 3 is 2.79 bits per heavy atom. The topological polar surface area (TPSA) is 110 Å². The smallest absolute Gasteiger partial charge is 0.253 e. The average Bonchev–Trinajstić information content (AvgIpc) is 3.20. The molecule has 9 nitrogen and oxygen atoms in total. The number of amides is 1. The lowest BCUT2D eigenvalue weighted by Gasteiger charge is -2.33. The molecule has 10 heteroatoms.